The molecule has 1 amide bonds. The number of aromatic nitrogens is 2. The average molecular weight is 476 g/mol. The van der Waals surface area contributed by atoms with Crippen LogP contribution >= 0.6 is 11.8 Å². The number of anilines is 1. The molecule has 1 aliphatic rings. The summed E-state index contributed by atoms with van der Waals surface area (Å²) in [6, 6.07) is 6.15. The van der Waals surface area contributed by atoms with Gasteiger partial charge in [0.05, 0.1) is 4.90 Å². The number of sulfonamides is 1. The maximum atomic E-state index is 12.6. The van der Waals surface area contributed by atoms with Gasteiger partial charge in [-0.3, -0.25) is 14.5 Å². The van der Waals surface area contributed by atoms with Crippen molar-refractivity contribution in [2.75, 3.05) is 18.1 Å². The van der Waals surface area contributed by atoms with Crippen molar-refractivity contribution in [3.05, 3.63) is 41.2 Å². The summed E-state index contributed by atoms with van der Waals surface area (Å²) in [6.07, 6.45) is 6.35. The van der Waals surface area contributed by atoms with Crippen LogP contribution < -0.4 is 10.0 Å². The van der Waals surface area contributed by atoms with Crippen molar-refractivity contribution in [1.82, 2.24) is 14.7 Å². The summed E-state index contributed by atoms with van der Waals surface area (Å²) >= 11 is 1.49. The number of carbonyl (C=O) groups excluding carboxylic acids is 1. The lowest BCUT2D eigenvalue weighted by Crippen LogP contribution is -2.30. The molecule has 1 aromatic carbocycles. The Labute approximate surface area is 193 Å². The number of amidine groups is 1. The molecule has 1 aliphatic heterocycles. The number of nitrogens with one attached hydrogen (secondary N) is 2. The van der Waals surface area contributed by atoms with Crippen LogP contribution in [0.1, 0.15) is 49.1 Å². The van der Waals surface area contributed by atoms with Gasteiger partial charge in [0.2, 0.25) is 5.91 Å². The highest BCUT2D eigenvalue weighted by atomic mass is 32.2. The van der Waals surface area contributed by atoms with E-state index >= 15 is 0 Å². The fourth-order valence-corrected chi connectivity index (χ4v) is 5.06. The van der Waals surface area contributed by atoms with Gasteiger partial charge in [0.1, 0.15) is 5.84 Å². The van der Waals surface area contributed by atoms with Crippen molar-refractivity contribution in [2.45, 2.75) is 62.4 Å². The van der Waals surface area contributed by atoms with E-state index < -0.39 is 10.0 Å². The van der Waals surface area contributed by atoms with Crippen molar-refractivity contribution < 1.29 is 13.2 Å². The zero-order valence-corrected chi connectivity index (χ0v) is 20.3. The van der Waals surface area contributed by atoms with Crippen LogP contribution in [0.5, 0.6) is 0 Å². The predicted molar refractivity (Wildman–Crippen MR) is 128 cm³/mol. The molecule has 2 aromatic rings. The number of rotatable bonds is 7. The molecule has 0 spiro atoms. The molecular formula is C22H29N5O3S2. The van der Waals surface area contributed by atoms with Gasteiger partial charge in [-0.05, 0) is 69.2 Å². The minimum absolute atomic E-state index is 0.139. The van der Waals surface area contributed by atoms with Gasteiger partial charge in [-0.25, -0.2) is 18.4 Å². The van der Waals surface area contributed by atoms with Crippen LogP contribution in [0, 0.1) is 13.8 Å². The summed E-state index contributed by atoms with van der Waals surface area (Å²) in [7, 11) is -3.69. The Morgan fingerprint density at radius 3 is 2.41 bits per heavy atom. The fraction of sp³-hybridized carbons (Fsp3) is 0.455. The van der Waals surface area contributed by atoms with E-state index in [1.807, 2.05) is 20.1 Å². The molecule has 0 bridgehead atoms. The van der Waals surface area contributed by atoms with Gasteiger partial charge in [-0.2, -0.15) is 0 Å². The SMILES string of the molecule is CSc1nc(C)c(CCC(=O)Nc2ccc(S(=O)(=O)NC3=NCCCCC3)cc2)c(C)n1. The van der Waals surface area contributed by atoms with Gasteiger partial charge in [0, 0.05) is 36.5 Å². The van der Waals surface area contributed by atoms with E-state index in [1.165, 1.54) is 23.9 Å². The second-order valence-electron chi connectivity index (χ2n) is 7.68. The van der Waals surface area contributed by atoms with Crippen LogP contribution in [0.2, 0.25) is 0 Å². The molecule has 2 heterocycles. The Bertz CT molecular complexity index is 1080. The van der Waals surface area contributed by atoms with Gasteiger partial charge in [0.25, 0.3) is 10.0 Å². The zero-order chi connectivity index (χ0) is 23.1. The molecule has 2 N–H and O–H groups in total. The van der Waals surface area contributed by atoms with Gasteiger partial charge in [-0.1, -0.05) is 18.2 Å². The number of aryl methyl sites for hydroxylation is 2. The van der Waals surface area contributed by atoms with Crippen LogP contribution in [0.25, 0.3) is 0 Å². The third-order valence-electron chi connectivity index (χ3n) is 5.26. The third-order valence-corrected chi connectivity index (χ3v) is 7.20. The molecule has 1 aromatic heterocycles. The van der Waals surface area contributed by atoms with E-state index in [4.69, 9.17) is 0 Å². The van der Waals surface area contributed by atoms with Crippen LogP contribution in [0.3, 0.4) is 0 Å². The lowest BCUT2D eigenvalue weighted by molar-refractivity contribution is -0.116. The first kappa shape index (κ1) is 24.2. The summed E-state index contributed by atoms with van der Waals surface area (Å²) in [4.78, 5) is 25.7. The Balaban J connectivity index is 1.58. The van der Waals surface area contributed by atoms with Gasteiger partial charge in [0.15, 0.2) is 5.16 Å². The molecule has 10 heteroatoms. The number of benzene rings is 1. The van der Waals surface area contributed by atoms with E-state index in [9.17, 15) is 13.2 Å². The van der Waals surface area contributed by atoms with Crippen molar-refractivity contribution in [3.63, 3.8) is 0 Å². The quantitative estimate of drug-likeness (QED) is 0.467. The Kier molecular flexibility index (Phi) is 8.25. The maximum Gasteiger partial charge on any atom is 0.262 e. The Hall–Kier alpha value is -2.46. The minimum Gasteiger partial charge on any atom is -0.326 e. The number of amides is 1. The van der Waals surface area contributed by atoms with Crippen molar-refractivity contribution in [3.8, 4) is 0 Å². The van der Waals surface area contributed by atoms with E-state index in [-0.39, 0.29) is 17.2 Å². The highest BCUT2D eigenvalue weighted by molar-refractivity contribution is 7.98. The molecule has 0 fully saturated rings. The van der Waals surface area contributed by atoms with E-state index in [2.05, 4.69) is 25.0 Å². The van der Waals surface area contributed by atoms with Gasteiger partial charge < -0.3 is 5.32 Å². The number of hydrogen-bond donors (Lipinski definition) is 2. The van der Waals surface area contributed by atoms with E-state index in [0.29, 0.717) is 30.9 Å². The molecule has 0 unspecified atom stereocenters. The largest absolute Gasteiger partial charge is 0.326 e. The minimum atomic E-state index is -3.69. The number of carbonyl (C=O) groups is 1. The van der Waals surface area contributed by atoms with Crippen LogP contribution in [0.15, 0.2) is 39.3 Å². The first-order valence-corrected chi connectivity index (χ1v) is 13.3. The molecule has 0 atom stereocenters. The molecule has 32 heavy (non-hydrogen) atoms. The molecule has 0 aliphatic carbocycles. The Morgan fingerprint density at radius 1 is 1.06 bits per heavy atom. The maximum absolute atomic E-state index is 12.6. The molecule has 0 radical (unpaired) electrons. The Morgan fingerprint density at radius 2 is 1.75 bits per heavy atom. The molecule has 0 saturated carbocycles. The summed E-state index contributed by atoms with van der Waals surface area (Å²) in [5, 5.41) is 3.54. The second-order valence-corrected chi connectivity index (χ2v) is 10.1. The summed E-state index contributed by atoms with van der Waals surface area (Å²) in [6.45, 7) is 4.50. The summed E-state index contributed by atoms with van der Waals surface area (Å²) in [5.74, 6) is 0.360. The second kappa shape index (κ2) is 10.9. The van der Waals surface area contributed by atoms with E-state index in [1.54, 1.807) is 12.1 Å². The number of thioether (sulfide) groups is 1. The monoisotopic (exact) mass is 475 g/mol. The molecule has 0 saturated heterocycles. The third kappa shape index (κ3) is 6.52. The fourth-order valence-electron chi connectivity index (χ4n) is 3.51. The highest BCUT2D eigenvalue weighted by Crippen LogP contribution is 2.19. The lowest BCUT2D eigenvalue weighted by Gasteiger charge is -2.11. The molecule has 172 valence electrons. The van der Waals surface area contributed by atoms with Gasteiger partial charge in [-0.15, -0.1) is 0 Å². The molecular weight excluding hydrogens is 446 g/mol. The predicted octanol–water partition coefficient (Wildman–Crippen LogP) is 3.64. The van der Waals surface area contributed by atoms with Crippen molar-refractivity contribution in [2.24, 2.45) is 4.99 Å². The summed E-state index contributed by atoms with van der Waals surface area (Å²) < 4.78 is 27.8. The first-order chi connectivity index (χ1) is 15.3. The average Bonchev–Trinajstić information content (AvgIpc) is 3.01. The molecule has 8 nitrogen and oxygen atoms in total. The van der Waals surface area contributed by atoms with Crippen molar-refractivity contribution >= 4 is 39.2 Å². The van der Waals surface area contributed by atoms with Crippen LogP contribution in [-0.2, 0) is 21.2 Å². The van der Waals surface area contributed by atoms with Crippen LogP contribution in [0.4, 0.5) is 5.69 Å². The lowest BCUT2D eigenvalue weighted by atomic mass is 10.1. The van der Waals surface area contributed by atoms with E-state index in [0.717, 1.165) is 41.4 Å². The van der Waals surface area contributed by atoms with Crippen LogP contribution in [-0.4, -0.2) is 42.9 Å². The van der Waals surface area contributed by atoms with Gasteiger partial charge >= 0.3 is 0 Å². The highest BCUT2D eigenvalue weighted by Gasteiger charge is 2.17. The van der Waals surface area contributed by atoms with Crippen molar-refractivity contribution in [1.29, 1.82) is 0 Å². The standard InChI is InChI=1S/C22H29N5O3S2/c1-15-19(16(2)25-22(24-15)31-3)12-13-21(28)26-17-8-10-18(11-9-17)32(29,30)27-20-7-5-4-6-14-23-20/h8-11H,4-7,12-14H2,1-3H3,(H,23,27)(H,26,28). The number of nitrogens with zero attached hydrogens (tertiary/aromatic N) is 3. The number of aliphatic imine (C=N–C) groups is 1. The smallest absolute Gasteiger partial charge is 0.262 e. The normalized spacial score (nSPS) is 14.4. The zero-order valence-electron chi connectivity index (χ0n) is 18.6. The number of hydrogen-bond acceptors (Lipinski definition) is 7. The first-order valence-electron chi connectivity index (χ1n) is 10.6. The molecule has 3 rings (SSSR count). The topological polar surface area (TPSA) is 113 Å². The summed E-state index contributed by atoms with van der Waals surface area (Å²) in [5.41, 5.74) is 3.29.